The second kappa shape index (κ2) is 6.19. The molecule has 1 aliphatic rings. The minimum atomic E-state index is 0.331. The minimum Gasteiger partial charge on any atom is -0.376 e. The number of aromatic nitrogens is 2. The van der Waals surface area contributed by atoms with Gasteiger partial charge in [0.05, 0.1) is 6.10 Å². The number of ether oxygens (including phenoxy) is 1. The summed E-state index contributed by atoms with van der Waals surface area (Å²) in [5.41, 5.74) is 1.17. The van der Waals surface area contributed by atoms with Crippen LogP contribution in [0.1, 0.15) is 38.2 Å². The van der Waals surface area contributed by atoms with Crippen LogP contribution in [0.4, 0.5) is 11.6 Å². The third-order valence-corrected chi connectivity index (χ3v) is 3.54. The van der Waals surface area contributed by atoms with Crippen molar-refractivity contribution in [3.8, 4) is 0 Å². The summed E-state index contributed by atoms with van der Waals surface area (Å²) < 4.78 is 5.70. The first-order chi connectivity index (χ1) is 9.13. The molecule has 5 heteroatoms. The molecule has 2 rings (SSSR count). The van der Waals surface area contributed by atoms with Gasteiger partial charge in [0.2, 0.25) is 0 Å². The first kappa shape index (κ1) is 14.1. The van der Waals surface area contributed by atoms with Gasteiger partial charge in [0, 0.05) is 32.8 Å². The molecule has 1 fully saturated rings. The van der Waals surface area contributed by atoms with Gasteiger partial charge in [-0.1, -0.05) is 13.8 Å². The topological polar surface area (TPSA) is 50.3 Å². The van der Waals surface area contributed by atoms with Crippen molar-refractivity contribution in [3.05, 3.63) is 11.9 Å². The van der Waals surface area contributed by atoms with E-state index in [0.717, 1.165) is 31.2 Å². The first-order valence-electron chi connectivity index (χ1n) is 6.98. The van der Waals surface area contributed by atoms with E-state index in [1.165, 1.54) is 12.0 Å². The van der Waals surface area contributed by atoms with Gasteiger partial charge in [-0.15, -0.1) is 0 Å². The molecule has 0 aliphatic carbocycles. The predicted molar refractivity (Wildman–Crippen MR) is 77.9 cm³/mol. The molecule has 1 saturated heterocycles. The van der Waals surface area contributed by atoms with Gasteiger partial charge in [-0.05, 0) is 18.8 Å². The Labute approximate surface area is 115 Å². The zero-order valence-corrected chi connectivity index (χ0v) is 12.3. The maximum Gasteiger partial charge on any atom is 0.137 e. The van der Waals surface area contributed by atoms with Crippen LogP contribution in [0, 0.1) is 0 Å². The fourth-order valence-corrected chi connectivity index (χ4v) is 2.60. The lowest BCUT2D eigenvalue weighted by Gasteiger charge is -2.26. The van der Waals surface area contributed by atoms with Crippen molar-refractivity contribution in [1.82, 2.24) is 9.97 Å². The van der Waals surface area contributed by atoms with E-state index in [9.17, 15) is 0 Å². The fourth-order valence-electron chi connectivity index (χ4n) is 2.60. The zero-order chi connectivity index (χ0) is 13.8. The summed E-state index contributed by atoms with van der Waals surface area (Å²) in [5, 5.41) is 3.16. The van der Waals surface area contributed by atoms with Crippen molar-refractivity contribution in [3.63, 3.8) is 0 Å². The van der Waals surface area contributed by atoms with Crippen molar-refractivity contribution < 1.29 is 4.74 Å². The monoisotopic (exact) mass is 264 g/mol. The van der Waals surface area contributed by atoms with Crippen LogP contribution in [0.2, 0.25) is 0 Å². The highest BCUT2D eigenvalue weighted by Crippen LogP contribution is 2.30. The van der Waals surface area contributed by atoms with Gasteiger partial charge in [-0.3, -0.25) is 0 Å². The number of hydrogen-bond donors (Lipinski definition) is 1. The van der Waals surface area contributed by atoms with Gasteiger partial charge in [0.25, 0.3) is 0 Å². The molecule has 19 heavy (non-hydrogen) atoms. The number of rotatable bonds is 5. The highest BCUT2D eigenvalue weighted by molar-refractivity contribution is 5.59. The van der Waals surface area contributed by atoms with Gasteiger partial charge >= 0.3 is 0 Å². The molecule has 0 radical (unpaired) electrons. The van der Waals surface area contributed by atoms with E-state index >= 15 is 0 Å². The molecule has 1 aliphatic heterocycles. The van der Waals surface area contributed by atoms with Crippen LogP contribution >= 0.6 is 0 Å². The molecule has 5 nitrogen and oxygen atoms in total. The molecule has 1 unspecified atom stereocenters. The fraction of sp³-hybridized carbons (Fsp3) is 0.714. The third kappa shape index (κ3) is 3.15. The van der Waals surface area contributed by atoms with Crippen LogP contribution in [0.5, 0.6) is 0 Å². The Morgan fingerprint density at radius 1 is 1.47 bits per heavy atom. The molecule has 2 heterocycles. The molecule has 0 aromatic carbocycles. The molecule has 1 atom stereocenters. The molecule has 1 aromatic heterocycles. The van der Waals surface area contributed by atoms with Crippen LogP contribution in [-0.2, 0) is 4.74 Å². The number of anilines is 2. The third-order valence-electron chi connectivity index (χ3n) is 3.54. The van der Waals surface area contributed by atoms with E-state index in [4.69, 9.17) is 4.74 Å². The summed E-state index contributed by atoms with van der Waals surface area (Å²) in [6.45, 7) is 6.12. The highest BCUT2D eigenvalue weighted by atomic mass is 16.5. The van der Waals surface area contributed by atoms with Gasteiger partial charge in [0.1, 0.15) is 18.0 Å². The Hall–Kier alpha value is -1.36. The molecule has 0 saturated carbocycles. The molecule has 0 amide bonds. The number of nitrogens with zero attached hydrogens (tertiary/aromatic N) is 3. The smallest absolute Gasteiger partial charge is 0.137 e. The van der Waals surface area contributed by atoms with Gasteiger partial charge in [-0.25, -0.2) is 9.97 Å². The molecule has 106 valence electrons. The average molecular weight is 264 g/mol. The molecule has 0 spiro atoms. The summed E-state index contributed by atoms with van der Waals surface area (Å²) in [7, 11) is 3.98. The second-order valence-electron chi connectivity index (χ2n) is 5.38. The van der Waals surface area contributed by atoms with Crippen molar-refractivity contribution in [1.29, 1.82) is 0 Å². The standard InChI is InChI=1S/C14H24N4O/c1-10(2)12-13(15-3)16-9-17-14(12)18(4)8-11-6-5-7-19-11/h9-11H,5-8H2,1-4H3,(H,15,16,17). The van der Waals surface area contributed by atoms with Gasteiger partial charge < -0.3 is 15.0 Å². The summed E-state index contributed by atoms with van der Waals surface area (Å²) in [6.07, 6.45) is 4.27. The molecule has 0 bridgehead atoms. The Morgan fingerprint density at radius 3 is 2.84 bits per heavy atom. The normalized spacial score (nSPS) is 18.9. The van der Waals surface area contributed by atoms with Crippen LogP contribution in [0.25, 0.3) is 0 Å². The number of hydrogen-bond acceptors (Lipinski definition) is 5. The Kier molecular flexibility index (Phi) is 4.58. The lowest BCUT2D eigenvalue weighted by Crippen LogP contribution is -2.30. The van der Waals surface area contributed by atoms with E-state index in [0.29, 0.717) is 12.0 Å². The van der Waals surface area contributed by atoms with Gasteiger partial charge in [0.15, 0.2) is 0 Å². The van der Waals surface area contributed by atoms with Crippen LogP contribution in [0.15, 0.2) is 6.33 Å². The van der Waals surface area contributed by atoms with E-state index in [-0.39, 0.29) is 0 Å². The quantitative estimate of drug-likeness (QED) is 0.884. The highest BCUT2D eigenvalue weighted by Gasteiger charge is 2.22. The SMILES string of the molecule is CNc1ncnc(N(C)CC2CCCO2)c1C(C)C. The summed E-state index contributed by atoms with van der Waals surface area (Å²) in [6, 6.07) is 0. The van der Waals surface area contributed by atoms with Crippen molar-refractivity contribution in [2.24, 2.45) is 0 Å². The van der Waals surface area contributed by atoms with Gasteiger partial charge in [-0.2, -0.15) is 0 Å². The maximum absolute atomic E-state index is 5.70. The molecule has 1 aromatic rings. The van der Waals surface area contributed by atoms with E-state index in [2.05, 4.69) is 41.1 Å². The van der Waals surface area contributed by atoms with Crippen molar-refractivity contribution >= 4 is 11.6 Å². The molecular formula is C14H24N4O. The van der Waals surface area contributed by atoms with Crippen LogP contribution < -0.4 is 10.2 Å². The summed E-state index contributed by atoms with van der Waals surface area (Å²) in [5.74, 6) is 2.30. The largest absolute Gasteiger partial charge is 0.376 e. The summed E-state index contributed by atoms with van der Waals surface area (Å²) >= 11 is 0. The first-order valence-corrected chi connectivity index (χ1v) is 6.98. The molecule has 1 N–H and O–H groups in total. The second-order valence-corrected chi connectivity index (χ2v) is 5.38. The van der Waals surface area contributed by atoms with E-state index < -0.39 is 0 Å². The summed E-state index contributed by atoms with van der Waals surface area (Å²) in [4.78, 5) is 11.0. The van der Waals surface area contributed by atoms with Crippen molar-refractivity contribution in [2.45, 2.75) is 38.7 Å². The minimum absolute atomic E-state index is 0.331. The zero-order valence-electron chi connectivity index (χ0n) is 12.3. The van der Waals surface area contributed by atoms with E-state index in [1.807, 2.05) is 7.05 Å². The Balaban J connectivity index is 2.22. The van der Waals surface area contributed by atoms with Crippen molar-refractivity contribution in [2.75, 3.05) is 37.5 Å². The Bertz CT molecular complexity index is 416. The predicted octanol–water partition coefficient (Wildman–Crippen LogP) is 2.26. The van der Waals surface area contributed by atoms with E-state index in [1.54, 1.807) is 6.33 Å². The number of nitrogens with one attached hydrogen (secondary N) is 1. The number of likely N-dealkylation sites (N-methyl/N-ethyl adjacent to an activating group) is 1. The molecular weight excluding hydrogens is 240 g/mol. The lowest BCUT2D eigenvalue weighted by molar-refractivity contribution is 0.116. The average Bonchev–Trinajstić information content (AvgIpc) is 2.90. The maximum atomic E-state index is 5.70. The Morgan fingerprint density at radius 2 is 2.26 bits per heavy atom. The van der Waals surface area contributed by atoms with Crippen LogP contribution in [0.3, 0.4) is 0 Å². The van der Waals surface area contributed by atoms with Crippen LogP contribution in [-0.4, -0.2) is 43.3 Å². The lowest BCUT2D eigenvalue weighted by atomic mass is 10.0.